The van der Waals surface area contributed by atoms with E-state index < -0.39 is 12.1 Å². The number of rotatable bonds is 2. The first-order valence-corrected chi connectivity index (χ1v) is 4.69. The second-order valence-electron chi connectivity index (χ2n) is 3.32. The first-order valence-electron chi connectivity index (χ1n) is 4.22. The minimum Gasteiger partial charge on any atom is -0.304 e. The molecule has 14 heavy (non-hydrogen) atoms. The fourth-order valence-corrected chi connectivity index (χ4v) is 1.67. The number of halogens is 3. The molecule has 0 bridgehead atoms. The molecule has 0 aromatic carbocycles. The van der Waals surface area contributed by atoms with E-state index in [0.29, 0.717) is 6.42 Å². The number of hydrogen-bond donors (Lipinski definition) is 1. The van der Waals surface area contributed by atoms with Gasteiger partial charge in [0.1, 0.15) is 0 Å². The van der Waals surface area contributed by atoms with E-state index in [-0.39, 0.29) is 18.1 Å². The van der Waals surface area contributed by atoms with Crippen molar-refractivity contribution in [3.8, 4) is 0 Å². The lowest BCUT2D eigenvalue weighted by atomic mass is 9.84. The maximum atomic E-state index is 12.3. The summed E-state index contributed by atoms with van der Waals surface area (Å²) in [5.41, 5.74) is 0.124. The standard InChI is InChI=1S/C9H10F3NS/c10-9(11,12)7-3-1-2-6(4-7)8(13)5-14/h1,3,5-7,13H,2,4H2. The largest absolute Gasteiger partial charge is 0.395 e. The van der Waals surface area contributed by atoms with Crippen LogP contribution in [-0.2, 0) is 0 Å². The fourth-order valence-electron chi connectivity index (χ4n) is 1.48. The summed E-state index contributed by atoms with van der Waals surface area (Å²) in [5.74, 6) is -1.79. The van der Waals surface area contributed by atoms with Crippen molar-refractivity contribution >= 4 is 23.3 Å². The molecule has 2 unspecified atom stereocenters. The molecule has 1 aliphatic rings. The molecular formula is C9H10F3NS. The summed E-state index contributed by atoms with van der Waals surface area (Å²) in [4.78, 5) is 0. The van der Waals surface area contributed by atoms with Crippen molar-refractivity contribution in [2.75, 3.05) is 0 Å². The van der Waals surface area contributed by atoms with Crippen LogP contribution in [0.2, 0.25) is 0 Å². The van der Waals surface area contributed by atoms with E-state index in [4.69, 9.17) is 5.41 Å². The van der Waals surface area contributed by atoms with Gasteiger partial charge in [-0.2, -0.15) is 13.2 Å². The van der Waals surface area contributed by atoms with Gasteiger partial charge in [0.05, 0.1) is 5.92 Å². The quantitative estimate of drug-likeness (QED) is 0.432. The van der Waals surface area contributed by atoms with E-state index in [0.717, 1.165) is 5.37 Å². The number of hydrogen-bond acceptors (Lipinski definition) is 2. The van der Waals surface area contributed by atoms with Crippen molar-refractivity contribution in [3.63, 3.8) is 0 Å². The van der Waals surface area contributed by atoms with E-state index in [9.17, 15) is 13.2 Å². The maximum absolute atomic E-state index is 12.3. The third-order valence-electron chi connectivity index (χ3n) is 2.31. The highest BCUT2D eigenvalue weighted by atomic mass is 32.1. The van der Waals surface area contributed by atoms with Gasteiger partial charge in [0, 0.05) is 17.0 Å². The lowest BCUT2D eigenvalue weighted by Crippen LogP contribution is -2.29. The lowest BCUT2D eigenvalue weighted by molar-refractivity contribution is -0.165. The van der Waals surface area contributed by atoms with Crippen molar-refractivity contribution in [3.05, 3.63) is 12.2 Å². The summed E-state index contributed by atoms with van der Waals surface area (Å²) in [6, 6.07) is 0. The van der Waals surface area contributed by atoms with E-state index in [1.165, 1.54) is 12.2 Å². The van der Waals surface area contributed by atoms with E-state index in [1.807, 2.05) is 0 Å². The summed E-state index contributed by atoms with van der Waals surface area (Å²) in [6.45, 7) is 0. The molecule has 0 aromatic heterocycles. The zero-order valence-corrected chi connectivity index (χ0v) is 8.16. The predicted molar refractivity (Wildman–Crippen MR) is 52.8 cm³/mol. The van der Waals surface area contributed by atoms with Crippen LogP contribution in [0.15, 0.2) is 12.2 Å². The minimum atomic E-state index is -4.20. The molecule has 0 aliphatic heterocycles. The lowest BCUT2D eigenvalue weighted by Gasteiger charge is -2.25. The van der Waals surface area contributed by atoms with Gasteiger partial charge in [-0.15, -0.1) is 0 Å². The Kier molecular flexibility index (Phi) is 3.42. The zero-order chi connectivity index (χ0) is 10.8. The molecule has 5 heteroatoms. The highest BCUT2D eigenvalue weighted by molar-refractivity contribution is 7.80. The molecule has 0 heterocycles. The van der Waals surface area contributed by atoms with Crippen molar-refractivity contribution in [2.24, 2.45) is 11.8 Å². The SMILES string of the molecule is N=C(C=S)C1CC=CC(C(F)(F)F)C1. The first kappa shape index (κ1) is 11.4. The molecule has 0 fully saturated rings. The van der Waals surface area contributed by atoms with Crippen LogP contribution in [-0.4, -0.2) is 17.3 Å². The second kappa shape index (κ2) is 4.21. The van der Waals surface area contributed by atoms with Crippen molar-refractivity contribution in [1.29, 1.82) is 5.41 Å². The molecule has 1 aliphatic carbocycles. The van der Waals surface area contributed by atoms with Crippen LogP contribution in [0.25, 0.3) is 0 Å². The van der Waals surface area contributed by atoms with Gasteiger partial charge in [-0.25, -0.2) is 0 Å². The van der Waals surface area contributed by atoms with Gasteiger partial charge < -0.3 is 5.41 Å². The Hall–Kier alpha value is -0.710. The molecule has 0 aromatic rings. The van der Waals surface area contributed by atoms with Gasteiger partial charge in [-0.1, -0.05) is 24.4 Å². The Balaban J connectivity index is 2.70. The third kappa shape index (κ3) is 2.64. The third-order valence-corrected chi connectivity index (χ3v) is 2.57. The van der Waals surface area contributed by atoms with Gasteiger partial charge >= 0.3 is 6.18 Å². The molecule has 1 rings (SSSR count). The molecule has 78 valence electrons. The van der Waals surface area contributed by atoms with Gasteiger partial charge in [0.2, 0.25) is 0 Å². The van der Waals surface area contributed by atoms with Crippen LogP contribution < -0.4 is 0 Å². The van der Waals surface area contributed by atoms with Crippen LogP contribution in [0.3, 0.4) is 0 Å². The van der Waals surface area contributed by atoms with E-state index in [2.05, 4.69) is 12.2 Å². The highest BCUT2D eigenvalue weighted by Gasteiger charge is 2.40. The first-order chi connectivity index (χ1) is 6.45. The summed E-state index contributed by atoms with van der Waals surface area (Å²) in [7, 11) is 0. The van der Waals surface area contributed by atoms with E-state index in [1.54, 1.807) is 0 Å². The van der Waals surface area contributed by atoms with Crippen LogP contribution in [0.1, 0.15) is 12.8 Å². The molecule has 1 N–H and O–H groups in total. The van der Waals surface area contributed by atoms with Crippen LogP contribution in [0, 0.1) is 17.2 Å². The molecule has 0 saturated carbocycles. The summed E-state index contributed by atoms with van der Waals surface area (Å²) >= 11 is 4.53. The second-order valence-corrected chi connectivity index (χ2v) is 3.55. The van der Waals surface area contributed by atoms with Crippen LogP contribution in [0.4, 0.5) is 13.2 Å². The topological polar surface area (TPSA) is 23.9 Å². The number of nitrogens with one attached hydrogen (secondary N) is 1. The molecule has 0 spiro atoms. The molecule has 0 saturated heterocycles. The molecule has 1 nitrogen and oxygen atoms in total. The van der Waals surface area contributed by atoms with Crippen molar-refractivity contribution in [2.45, 2.75) is 19.0 Å². The van der Waals surface area contributed by atoms with Crippen LogP contribution >= 0.6 is 12.2 Å². The Labute approximate surface area is 85.5 Å². The monoisotopic (exact) mass is 221 g/mol. The predicted octanol–water partition coefficient (Wildman–Crippen LogP) is 3.15. The van der Waals surface area contributed by atoms with Gasteiger partial charge in [-0.3, -0.25) is 0 Å². The molecule has 0 radical (unpaired) electrons. The summed E-state index contributed by atoms with van der Waals surface area (Å²) in [6.07, 6.45) is -1.10. The average molecular weight is 221 g/mol. The normalized spacial score (nSPS) is 27.4. The van der Waals surface area contributed by atoms with E-state index >= 15 is 0 Å². The Morgan fingerprint density at radius 2 is 2.14 bits per heavy atom. The number of allylic oxidation sites excluding steroid dienone is 2. The fraction of sp³-hybridized carbons (Fsp3) is 0.556. The van der Waals surface area contributed by atoms with Gasteiger partial charge in [0.15, 0.2) is 0 Å². The Morgan fingerprint density at radius 3 is 2.64 bits per heavy atom. The van der Waals surface area contributed by atoms with Crippen molar-refractivity contribution < 1.29 is 13.2 Å². The molecular weight excluding hydrogens is 211 g/mol. The smallest absolute Gasteiger partial charge is 0.304 e. The maximum Gasteiger partial charge on any atom is 0.395 e. The molecule has 2 atom stereocenters. The Bertz CT molecular complexity index is 270. The van der Waals surface area contributed by atoms with Crippen molar-refractivity contribution in [1.82, 2.24) is 0 Å². The Morgan fingerprint density at radius 1 is 1.50 bits per heavy atom. The minimum absolute atomic E-state index is 0.0496. The highest BCUT2D eigenvalue weighted by Crippen LogP contribution is 2.36. The van der Waals surface area contributed by atoms with Crippen LogP contribution in [0.5, 0.6) is 0 Å². The zero-order valence-electron chi connectivity index (χ0n) is 7.34. The average Bonchev–Trinajstić information content (AvgIpc) is 2.15. The molecule has 0 amide bonds. The van der Waals surface area contributed by atoms with Gasteiger partial charge in [-0.05, 0) is 12.8 Å². The number of thiocarbonyl (C=S) groups is 1. The van der Waals surface area contributed by atoms with Gasteiger partial charge in [0.25, 0.3) is 0 Å². The summed E-state index contributed by atoms with van der Waals surface area (Å²) in [5, 5.41) is 8.52. The number of alkyl halides is 3. The summed E-state index contributed by atoms with van der Waals surface area (Å²) < 4.78 is 37.0.